The van der Waals surface area contributed by atoms with Crippen LogP contribution in [0.3, 0.4) is 0 Å². The molecule has 0 bridgehead atoms. The zero-order valence-corrected chi connectivity index (χ0v) is 11.0. The Labute approximate surface area is 109 Å². The Bertz CT molecular complexity index is 492. The molecule has 1 aromatic carbocycles. The average molecular weight is 324 g/mol. The standard InChI is InChI=1S/C11H6BrClF2S/c12-6-4-5-16-11(6)10(13)9-7(14)2-1-3-8(9)15/h1-5,10H. The minimum absolute atomic E-state index is 0.104. The minimum Gasteiger partial charge on any atom is -0.207 e. The number of alkyl halides is 1. The summed E-state index contributed by atoms with van der Waals surface area (Å²) in [6.45, 7) is 0. The number of hydrogen-bond donors (Lipinski definition) is 0. The molecule has 2 rings (SSSR count). The molecule has 1 unspecified atom stereocenters. The molecule has 0 aliphatic heterocycles. The van der Waals surface area contributed by atoms with Gasteiger partial charge in [0.1, 0.15) is 11.6 Å². The average Bonchev–Trinajstić information content (AvgIpc) is 2.64. The molecular formula is C11H6BrClF2S. The summed E-state index contributed by atoms with van der Waals surface area (Å²) in [6.07, 6.45) is 0. The van der Waals surface area contributed by atoms with Crippen molar-refractivity contribution in [3.63, 3.8) is 0 Å². The minimum atomic E-state index is -0.810. The molecule has 0 amide bonds. The molecule has 0 spiro atoms. The largest absolute Gasteiger partial charge is 0.207 e. The molecule has 0 aliphatic carbocycles. The molecule has 0 aliphatic rings. The summed E-state index contributed by atoms with van der Waals surface area (Å²) in [5.41, 5.74) is -0.104. The topological polar surface area (TPSA) is 0 Å². The van der Waals surface area contributed by atoms with Gasteiger partial charge >= 0.3 is 0 Å². The van der Waals surface area contributed by atoms with Crippen LogP contribution in [0.4, 0.5) is 8.78 Å². The number of hydrogen-bond acceptors (Lipinski definition) is 1. The van der Waals surface area contributed by atoms with Crippen molar-refractivity contribution in [2.45, 2.75) is 5.38 Å². The molecule has 0 N–H and O–H groups in total. The van der Waals surface area contributed by atoms with Gasteiger partial charge in [-0.2, -0.15) is 0 Å². The molecule has 0 fully saturated rings. The monoisotopic (exact) mass is 322 g/mol. The maximum absolute atomic E-state index is 13.5. The van der Waals surface area contributed by atoms with Gasteiger partial charge in [-0.3, -0.25) is 0 Å². The highest BCUT2D eigenvalue weighted by molar-refractivity contribution is 9.10. The van der Waals surface area contributed by atoms with Crippen LogP contribution in [0.15, 0.2) is 34.1 Å². The van der Waals surface area contributed by atoms with Crippen molar-refractivity contribution in [3.8, 4) is 0 Å². The second kappa shape index (κ2) is 4.82. The normalized spacial score (nSPS) is 12.8. The van der Waals surface area contributed by atoms with E-state index in [0.29, 0.717) is 4.88 Å². The summed E-state index contributed by atoms with van der Waals surface area (Å²) in [7, 11) is 0. The van der Waals surface area contributed by atoms with Crippen LogP contribution in [0.1, 0.15) is 15.8 Å². The van der Waals surface area contributed by atoms with E-state index in [4.69, 9.17) is 11.6 Å². The van der Waals surface area contributed by atoms with Gasteiger partial charge in [0.15, 0.2) is 0 Å². The predicted octanol–water partition coefficient (Wildman–Crippen LogP) is 5.12. The van der Waals surface area contributed by atoms with Gasteiger partial charge in [0.2, 0.25) is 0 Å². The summed E-state index contributed by atoms with van der Waals surface area (Å²) < 4.78 is 27.7. The van der Waals surface area contributed by atoms with Crippen molar-refractivity contribution in [2.75, 3.05) is 0 Å². The summed E-state index contributed by atoms with van der Waals surface area (Å²) in [4.78, 5) is 0.700. The van der Waals surface area contributed by atoms with Gasteiger partial charge in [-0.25, -0.2) is 8.78 Å². The molecule has 1 aromatic heterocycles. The summed E-state index contributed by atoms with van der Waals surface area (Å²) in [5, 5.41) is 1.00. The van der Waals surface area contributed by atoms with E-state index < -0.39 is 17.0 Å². The van der Waals surface area contributed by atoms with Crippen LogP contribution in [-0.2, 0) is 0 Å². The third-order valence-corrected chi connectivity index (χ3v) is 4.63. The van der Waals surface area contributed by atoms with Crippen LogP contribution in [0.25, 0.3) is 0 Å². The van der Waals surface area contributed by atoms with E-state index in [0.717, 1.165) is 4.47 Å². The number of thiophene rings is 1. The molecule has 1 atom stereocenters. The quantitative estimate of drug-likeness (QED) is 0.673. The van der Waals surface area contributed by atoms with E-state index in [2.05, 4.69) is 15.9 Å². The molecule has 0 saturated carbocycles. The van der Waals surface area contributed by atoms with Gasteiger partial charge in [-0.15, -0.1) is 22.9 Å². The molecule has 1 heterocycles. The molecule has 5 heteroatoms. The van der Waals surface area contributed by atoms with Crippen molar-refractivity contribution in [2.24, 2.45) is 0 Å². The van der Waals surface area contributed by atoms with Crippen molar-refractivity contribution in [3.05, 3.63) is 56.2 Å². The van der Waals surface area contributed by atoms with E-state index in [1.165, 1.54) is 29.5 Å². The first kappa shape index (κ1) is 12.0. The van der Waals surface area contributed by atoms with E-state index >= 15 is 0 Å². The van der Waals surface area contributed by atoms with Crippen molar-refractivity contribution < 1.29 is 8.78 Å². The van der Waals surface area contributed by atoms with E-state index in [1.54, 1.807) is 6.07 Å². The zero-order valence-electron chi connectivity index (χ0n) is 7.88. The van der Waals surface area contributed by atoms with Gasteiger partial charge in [0, 0.05) is 14.9 Å². The Morgan fingerprint density at radius 3 is 2.31 bits per heavy atom. The maximum Gasteiger partial charge on any atom is 0.131 e. The Morgan fingerprint density at radius 1 is 1.19 bits per heavy atom. The molecular weight excluding hydrogens is 318 g/mol. The van der Waals surface area contributed by atoms with Gasteiger partial charge in [0.25, 0.3) is 0 Å². The maximum atomic E-state index is 13.5. The van der Waals surface area contributed by atoms with Crippen molar-refractivity contribution in [1.82, 2.24) is 0 Å². The van der Waals surface area contributed by atoms with Crippen LogP contribution in [0.5, 0.6) is 0 Å². The van der Waals surface area contributed by atoms with E-state index in [9.17, 15) is 8.78 Å². The van der Waals surface area contributed by atoms with Crippen molar-refractivity contribution in [1.29, 1.82) is 0 Å². The molecule has 0 nitrogen and oxygen atoms in total. The Kier molecular flexibility index (Phi) is 3.62. The molecule has 0 radical (unpaired) electrons. The SMILES string of the molecule is Fc1cccc(F)c1C(Cl)c1sccc1Br. The first-order valence-corrected chi connectivity index (χ1v) is 6.53. The first-order chi connectivity index (χ1) is 7.61. The number of benzene rings is 1. The molecule has 16 heavy (non-hydrogen) atoms. The molecule has 84 valence electrons. The first-order valence-electron chi connectivity index (χ1n) is 4.42. The lowest BCUT2D eigenvalue weighted by atomic mass is 10.1. The Balaban J connectivity index is 2.49. The van der Waals surface area contributed by atoms with Crippen LogP contribution in [0.2, 0.25) is 0 Å². The lowest BCUT2D eigenvalue weighted by molar-refractivity contribution is 0.559. The van der Waals surface area contributed by atoms with E-state index in [1.807, 2.05) is 5.38 Å². The van der Waals surface area contributed by atoms with Gasteiger partial charge in [0.05, 0.1) is 5.38 Å². The third kappa shape index (κ3) is 2.14. The fourth-order valence-corrected chi connectivity index (χ4v) is 3.57. The summed E-state index contributed by atoms with van der Waals surface area (Å²) in [5.74, 6) is -1.25. The second-order valence-corrected chi connectivity index (χ2v) is 5.37. The molecule has 0 saturated heterocycles. The number of rotatable bonds is 2. The highest BCUT2D eigenvalue weighted by Gasteiger charge is 2.22. The second-order valence-electron chi connectivity index (χ2n) is 3.13. The van der Waals surface area contributed by atoms with E-state index in [-0.39, 0.29) is 5.56 Å². The highest BCUT2D eigenvalue weighted by atomic mass is 79.9. The van der Waals surface area contributed by atoms with Gasteiger partial charge < -0.3 is 0 Å². The Hall–Kier alpha value is -0.450. The smallest absolute Gasteiger partial charge is 0.131 e. The summed E-state index contributed by atoms with van der Waals surface area (Å²) in [6, 6.07) is 5.53. The lowest BCUT2D eigenvalue weighted by Gasteiger charge is -2.10. The lowest BCUT2D eigenvalue weighted by Crippen LogP contribution is -1.99. The van der Waals surface area contributed by atoms with Crippen LogP contribution >= 0.6 is 38.9 Å². The third-order valence-electron chi connectivity index (χ3n) is 2.13. The molecule has 2 aromatic rings. The fourth-order valence-electron chi connectivity index (χ4n) is 1.37. The van der Waals surface area contributed by atoms with Crippen molar-refractivity contribution >= 4 is 38.9 Å². The number of halogens is 4. The fraction of sp³-hybridized carbons (Fsp3) is 0.0909. The van der Waals surface area contributed by atoms with Gasteiger partial charge in [-0.1, -0.05) is 6.07 Å². The Morgan fingerprint density at radius 2 is 1.81 bits per heavy atom. The van der Waals surface area contributed by atoms with Crippen LogP contribution in [-0.4, -0.2) is 0 Å². The van der Waals surface area contributed by atoms with Crippen LogP contribution < -0.4 is 0 Å². The highest BCUT2D eigenvalue weighted by Crippen LogP contribution is 2.39. The summed E-state index contributed by atoms with van der Waals surface area (Å²) >= 11 is 10.7. The zero-order chi connectivity index (χ0) is 11.7. The predicted molar refractivity (Wildman–Crippen MR) is 66.1 cm³/mol. The van der Waals surface area contributed by atoms with Gasteiger partial charge in [-0.05, 0) is 39.5 Å². The van der Waals surface area contributed by atoms with Crippen LogP contribution in [0, 0.1) is 11.6 Å².